The number of carbonyl (C=O) groups excluding carboxylic acids is 3. The molecule has 296 valence electrons. The van der Waals surface area contributed by atoms with Crippen LogP contribution in [-0.4, -0.2) is 88.2 Å². The van der Waals surface area contributed by atoms with Crippen molar-refractivity contribution in [3.63, 3.8) is 0 Å². The number of nitrogens with zero attached hydrogens (tertiary/aromatic N) is 5. The number of halogens is 2. The number of aromatic nitrogens is 3. The molecular formula is C43H44Cl2N6O6. The van der Waals surface area contributed by atoms with E-state index >= 15 is 0 Å². The summed E-state index contributed by atoms with van der Waals surface area (Å²) in [6.45, 7) is 7.90. The lowest BCUT2D eigenvalue weighted by molar-refractivity contribution is -0.151. The number of hydrogen-bond donors (Lipinski definition) is 1. The van der Waals surface area contributed by atoms with E-state index in [1.165, 1.54) is 14.2 Å². The number of pyridine rings is 3. The predicted molar refractivity (Wildman–Crippen MR) is 219 cm³/mol. The minimum atomic E-state index is -0.701. The molecule has 5 heterocycles. The Hall–Kier alpha value is -5.30. The fourth-order valence-corrected chi connectivity index (χ4v) is 7.83. The van der Waals surface area contributed by atoms with Gasteiger partial charge in [-0.15, -0.1) is 0 Å². The van der Waals surface area contributed by atoms with Crippen LogP contribution < -0.4 is 10.1 Å². The molecule has 14 heteroatoms. The average molecular weight is 812 g/mol. The Labute approximate surface area is 341 Å². The van der Waals surface area contributed by atoms with Gasteiger partial charge in [-0.1, -0.05) is 59.6 Å². The van der Waals surface area contributed by atoms with Crippen LogP contribution in [0.15, 0.2) is 73.1 Å². The maximum absolute atomic E-state index is 13.3. The van der Waals surface area contributed by atoms with Crippen molar-refractivity contribution >= 4 is 52.1 Å². The van der Waals surface area contributed by atoms with Crippen LogP contribution in [0.4, 0.5) is 4.79 Å². The zero-order valence-electron chi connectivity index (χ0n) is 32.5. The minimum Gasteiger partial charge on any atom is -0.481 e. The second-order valence-electron chi connectivity index (χ2n) is 15.4. The number of rotatable bonds is 11. The molecule has 1 N–H and O–H groups in total. The highest BCUT2D eigenvalue weighted by Crippen LogP contribution is 2.42. The van der Waals surface area contributed by atoms with Crippen molar-refractivity contribution in [3.05, 3.63) is 94.2 Å². The summed E-state index contributed by atoms with van der Waals surface area (Å²) >= 11 is 14.3. The van der Waals surface area contributed by atoms with Gasteiger partial charge in [-0.25, -0.2) is 9.78 Å². The van der Waals surface area contributed by atoms with E-state index in [4.69, 9.17) is 52.4 Å². The minimum absolute atomic E-state index is 0.0335. The lowest BCUT2D eigenvalue weighted by atomic mass is 9.98. The Morgan fingerprint density at radius 3 is 2.23 bits per heavy atom. The largest absolute Gasteiger partial charge is 0.481 e. The molecule has 0 unspecified atom stereocenters. The van der Waals surface area contributed by atoms with Gasteiger partial charge in [0.25, 0.3) is 0 Å². The van der Waals surface area contributed by atoms with Crippen molar-refractivity contribution in [2.45, 2.75) is 58.3 Å². The molecule has 2 aromatic carbocycles. The lowest BCUT2D eigenvalue weighted by Crippen LogP contribution is -2.49. The SMILES string of the molecule is COC(=O)C1CN(Cc2cnc3cc(-c4cccc(-c5cccc(-c6ccc(CN(C[C@@H]7CCC(=O)N7)C(=O)OC(C)(C)C)c(OC)n6)c5Cl)c4Cl)ncc3c2)C1. The van der Waals surface area contributed by atoms with Gasteiger partial charge in [0, 0.05) is 84.2 Å². The first-order chi connectivity index (χ1) is 27.3. The maximum Gasteiger partial charge on any atom is 0.410 e. The molecule has 0 saturated carbocycles. The van der Waals surface area contributed by atoms with E-state index in [2.05, 4.69) is 16.3 Å². The van der Waals surface area contributed by atoms with Crippen molar-refractivity contribution in [2.75, 3.05) is 33.9 Å². The van der Waals surface area contributed by atoms with E-state index in [-0.39, 0.29) is 36.9 Å². The summed E-state index contributed by atoms with van der Waals surface area (Å²) in [4.78, 5) is 55.0. The summed E-state index contributed by atoms with van der Waals surface area (Å²) in [5.74, 6) is 0.0478. The zero-order valence-corrected chi connectivity index (χ0v) is 34.0. The van der Waals surface area contributed by atoms with Crippen molar-refractivity contribution in [1.82, 2.24) is 30.1 Å². The molecule has 2 fully saturated rings. The van der Waals surface area contributed by atoms with E-state index in [1.807, 2.05) is 81.6 Å². The first-order valence-electron chi connectivity index (χ1n) is 18.7. The van der Waals surface area contributed by atoms with Gasteiger partial charge in [-0.3, -0.25) is 24.5 Å². The third kappa shape index (κ3) is 8.98. The van der Waals surface area contributed by atoms with Gasteiger partial charge < -0.3 is 24.4 Å². The van der Waals surface area contributed by atoms with Gasteiger partial charge in [0.05, 0.1) is 53.6 Å². The topological polar surface area (TPSA) is 136 Å². The molecule has 7 rings (SSSR count). The summed E-state index contributed by atoms with van der Waals surface area (Å²) in [6.07, 6.45) is 4.21. The quantitative estimate of drug-likeness (QED) is 0.131. The smallest absolute Gasteiger partial charge is 0.410 e. The molecule has 12 nitrogen and oxygen atoms in total. The molecule has 0 radical (unpaired) electrons. The summed E-state index contributed by atoms with van der Waals surface area (Å²) in [5, 5.41) is 4.77. The van der Waals surface area contributed by atoms with Crippen molar-refractivity contribution in [1.29, 1.82) is 0 Å². The number of hydrogen-bond acceptors (Lipinski definition) is 10. The Morgan fingerprint density at radius 2 is 1.60 bits per heavy atom. The summed E-state index contributed by atoms with van der Waals surface area (Å²) < 4.78 is 16.3. The van der Waals surface area contributed by atoms with Gasteiger partial charge in [-0.05, 0) is 57.0 Å². The lowest BCUT2D eigenvalue weighted by Gasteiger charge is -2.37. The number of likely N-dealkylation sites (tertiary alicyclic amines) is 1. The van der Waals surface area contributed by atoms with Crippen LogP contribution in [0.25, 0.3) is 44.5 Å². The van der Waals surface area contributed by atoms with Gasteiger partial charge in [0.2, 0.25) is 11.8 Å². The van der Waals surface area contributed by atoms with Crippen LogP contribution in [-0.2, 0) is 32.2 Å². The van der Waals surface area contributed by atoms with Crippen LogP contribution in [0.1, 0.15) is 44.7 Å². The van der Waals surface area contributed by atoms with E-state index in [9.17, 15) is 14.4 Å². The zero-order chi connectivity index (χ0) is 40.4. The van der Waals surface area contributed by atoms with Crippen LogP contribution in [0.2, 0.25) is 10.0 Å². The normalized spacial score (nSPS) is 15.9. The average Bonchev–Trinajstić information content (AvgIpc) is 3.59. The molecule has 0 aliphatic carbocycles. The number of esters is 1. The Morgan fingerprint density at radius 1 is 0.912 bits per heavy atom. The molecule has 5 aromatic rings. The first kappa shape index (κ1) is 39.9. The number of fused-ring (bicyclic) bond motifs is 1. The monoisotopic (exact) mass is 810 g/mol. The molecular weight excluding hydrogens is 767 g/mol. The molecule has 3 aromatic heterocycles. The van der Waals surface area contributed by atoms with Crippen LogP contribution in [0, 0.1) is 5.92 Å². The molecule has 2 aliphatic heterocycles. The molecule has 2 saturated heterocycles. The van der Waals surface area contributed by atoms with Gasteiger partial charge >= 0.3 is 12.1 Å². The summed E-state index contributed by atoms with van der Waals surface area (Å²) in [7, 11) is 2.95. The highest BCUT2D eigenvalue weighted by atomic mass is 35.5. The molecule has 1 atom stereocenters. The van der Waals surface area contributed by atoms with Gasteiger partial charge in [0.1, 0.15) is 5.60 Å². The summed E-state index contributed by atoms with van der Waals surface area (Å²) in [5.41, 5.74) is 5.86. The number of benzene rings is 2. The van der Waals surface area contributed by atoms with Crippen LogP contribution >= 0.6 is 23.2 Å². The van der Waals surface area contributed by atoms with E-state index in [0.717, 1.165) is 27.6 Å². The first-order valence-corrected chi connectivity index (χ1v) is 19.5. The van der Waals surface area contributed by atoms with Gasteiger partial charge in [0.15, 0.2) is 0 Å². The number of methoxy groups -OCH3 is 2. The van der Waals surface area contributed by atoms with Crippen molar-refractivity contribution in [3.8, 4) is 39.5 Å². The van der Waals surface area contributed by atoms with Crippen molar-refractivity contribution in [2.24, 2.45) is 5.92 Å². The van der Waals surface area contributed by atoms with Crippen molar-refractivity contribution < 1.29 is 28.6 Å². The Bertz CT molecular complexity index is 2340. The standard InChI is InChI=1S/C43H44Cl2N6O6/c1-43(2,3)57-42(54)51(24-29-13-15-37(52)48-29)23-26-12-14-34(49-40(26)55-4)32-10-6-8-30(38(32)44)31-9-7-11-33(39(31)45)36-17-35-27(19-47-36)16-25(18-46-35)20-50-21-28(22-50)41(53)56-5/h6-12,14,16-19,28-29H,13,15,20-24H2,1-5H3,(H,48,52)/t29-/m0/s1. The summed E-state index contributed by atoms with van der Waals surface area (Å²) in [6, 6.07) is 18.9. The highest BCUT2D eigenvalue weighted by molar-refractivity contribution is 6.39. The second-order valence-corrected chi connectivity index (χ2v) is 16.1. The molecule has 2 amide bonds. The highest BCUT2D eigenvalue weighted by Gasteiger charge is 2.33. The number of nitrogens with one attached hydrogen (secondary N) is 1. The number of carbonyl (C=O) groups is 3. The molecule has 57 heavy (non-hydrogen) atoms. The van der Waals surface area contributed by atoms with Crippen LogP contribution in [0.3, 0.4) is 0 Å². The Balaban J connectivity index is 1.12. The number of ether oxygens (including phenoxy) is 3. The Kier molecular flexibility index (Phi) is 11.7. The third-order valence-corrected chi connectivity index (χ3v) is 10.8. The van der Waals surface area contributed by atoms with E-state index < -0.39 is 11.7 Å². The maximum atomic E-state index is 13.3. The third-order valence-electron chi connectivity index (χ3n) is 10.0. The van der Waals surface area contributed by atoms with Crippen LogP contribution in [0.5, 0.6) is 5.88 Å². The number of amides is 2. The molecule has 0 bridgehead atoms. The van der Waals surface area contributed by atoms with E-state index in [0.29, 0.717) is 76.5 Å². The van der Waals surface area contributed by atoms with Gasteiger partial charge in [-0.2, -0.15) is 0 Å². The fraction of sp³-hybridized carbons (Fsp3) is 0.349. The predicted octanol–water partition coefficient (Wildman–Crippen LogP) is 7.96. The molecule has 2 aliphatic rings. The molecule has 0 spiro atoms. The second kappa shape index (κ2) is 16.7. The fourth-order valence-electron chi connectivity index (χ4n) is 7.18. The van der Waals surface area contributed by atoms with E-state index in [1.54, 1.807) is 11.1 Å².